The summed E-state index contributed by atoms with van der Waals surface area (Å²) < 4.78 is 5.51. The maximum Gasteiger partial charge on any atom is 0.331 e. The lowest BCUT2D eigenvalue weighted by atomic mass is 10.2. The van der Waals surface area contributed by atoms with Crippen LogP contribution in [0.2, 0.25) is 0 Å². The van der Waals surface area contributed by atoms with Crippen molar-refractivity contribution in [3.8, 4) is 0 Å². The SMILES string of the molecule is CC(C)COC1C(=O)NC(=O)N1c1ccccc1. The number of nitrogens with one attached hydrogen (secondary N) is 1. The predicted molar refractivity (Wildman–Crippen MR) is 67.0 cm³/mol. The average molecular weight is 248 g/mol. The fourth-order valence-electron chi connectivity index (χ4n) is 1.73. The van der Waals surface area contributed by atoms with E-state index in [1.165, 1.54) is 4.90 Å². The van der Waals surface area contributed by atoms with Gasteiger partial charge in [0, 0.05) is 5.69 Å². The lowest BCUT2D eigenvalue weighted by Crippen LogP contribution is -2.38. The van der Waals surface area contributed by atoms with Gasteiger partial charge in [-0.2, -0.15) is 0 Å². The van der Waals surface area contributed by atoms with Gasteiger partial charge in [-0.05, 0) is 18.1 Å². The number of hydrogen-bond donors (Lipinski definition) is 1. The van der Waals surface area contributed by atoms with E-state index < -0.39 is 18.2 Å². The molecule has 0 spiro atoms. The average Bonchev–Trinajstić information content (AvgIpc) is 2.62. The van der Waals surface area contributed by atoms with E-state index in [1.54, 1.807) is 12.1 Å². The summed E-state index contributed by atoms with van der Waals surface area (Å²) in [4.78, 5) is 24.8. The van der Waals surface area contributed by atoms with Gasteiger partial charge in [-0.1, -0.05) is 32.0 Å². The number of benzene rings is 1. The van der Waals surface area contributed by atoms with Gasteiger partial charge in [-0.15, -0.1) is 0 Å². The Morgan fingerprint density at radius 3 is 2.56 bits per heavy atom. The van der Waals surface area contributed by atoms with E-state index in [4.69, 9.17) is 4.74 Å². The van der Waals surface area contributed by atoms with E-state index >= 15 is 0 Å². The monoisotopic (exact) mass is 248 g/mol. The smallest absolute Gasteiger partial charge is 0.331 e. The molecule has 1 aromatic rings. The number of hydrogen-bond acceptors (Lipinski definition) is 3. The van der Waals surface area contributed by atoms with Gasteiger partial charge in [0.25, 0.3) is 5.91 Å². The second-order valence-electron chi connectivity index (χ2n) is 4.58. The highest BCUT2D eigenvalue weighted by atomic mass is 16.5. The Balaban J connectivity index is 2.20. The minimum atomic E-state index is -0.873. The van der Waals surface area contributed by atoms with Crippen molar-refractivity contribution < 1.29 is 14.3 Å². The van der Waals surface area contributed by atoms with Gasteiger partial charge in [-0.25, -0.2) is 4.79 Å². The molecule has 1 heterocycles. The summed E-state index contributed by atoms with van der Waals surface area (Å²) in [6.07, 6.45) is -0.873. The van der Waals surface area contributed by atoms with Crippen LogP contribution in [0.4, 0.5) is 10.5 Å². The number of rotatable bonds is 4. The maximum atomic E-state index is 11.8. The summed E-state index contributed by atoms with van der Waals surface area (Å²) in [5, 5.41) is 2.26. The van der Waals surface area contributed by atoms with Crippen LogP contribution in [-0.2, 0) is 9.53 Å². The molecular weight excluding hydrogens is 232 g/mol. The van der Waals surface area contributed by atoms with Crippen LogP contribution in [0.1, 0.15) is 13.8 Å². The molecule has 1 saturated heterocycles. The van der Waals surface area contributed by atoms with Gasteiger partial charge in [0.2, 0.25) is 6.23 Å². The highest BCUT2D eigenvalue weighted by Crippen LogP contribution is 2.21. The molecule has 3 amide bonds. The molecule has 5 nitrogen and oxygen atoms in total. The van der Waals surface area contributed by atoms with E-state index in [0.29, 0.717) is 18.2 Å². The molecule has 0 aromatic heterocycles. The normalized spacial score (nSPS) is 19.5. The fourth-order valence-corrected chi connectivity index (χ4v) is 1.73. The van der Waals surface area contributed by atoms with Gasteiger partial charge in [0.15, 0.2) is 0 Å². The first-order valence-corrected chi connectivity index (χ1v) is 5.90. The molecule has 1 N–H and O–H groups in total. The molecular formula is C13H16N2O3. The number of anilines is 1. The number of carbonyl (C=O) groups is 2. The minimum Gasteiger partial charge on any atom is -0.349 e. The maximum absolute atomic E-state index is 11.8. The molecule has 18 heavy (non-hydrogen) atoms. The molecule has 1 aliphatic rings. The van der Waals surface area contributed by atoms with Crippen LogP contribution in [0.25, 0.3) is 0 Å². The molecule has 1 aliphatic heterocycles. The third-order valence-electron chi connectivity index (χ3n) is 2.53. The summed E-state index contributed by atoms with van der Waals surface area (Å²) >= 11 is 0. The van der Waals surface area contributed by atoms with E-state index in [0.717, 1.165) is 0 Å². The first-order chi connectivity index (χ1) is 8.59. The van der Waals surface area contributed by atoms with Gasteiger partial charge in [-0.3, -0.25) is 15.0 Å². The Kier molecular flexibility index (Phi) is 3.62. The quantitative estimate of drug-likeness (QED) is 0.826. The number of urea groups is 1. The summed E-state index contributed by atoms with van der Waals surface area (Å²) in [5.74, 6) is -0.115. The van der Waals surface area contributed by atoms with Crippen molar-refractivity contribution in [2.75, 3.05) is 11.5 Å². The third-order valence-corrected chi connectivity index (χ3v) is 2.53. The molecule has 1 unspecified atom stereocenters. The summed E-state index contributed by atoms with van der Waals surface area (Å²) in [6, 6.07) is 8.56. The first-order valence-electron chi connectivity index (χ1n) is 5.90. The highest BCUT2D eigenvalue weighted by Gasteiger charge is 2.40. The zero-order valence-electron chi connectivity index (χ0n) is 10.4. The fraction of sp³-hybridized carbons (Fsp3) is 0.385. The molecule has 1 fully saturated rings. The Morgan fingerprint density at radius 2 is 1.94 bits per heavy atom. The van der Waals surface area contributed by atoms with Gasteiger partial charge < -0.3 is 4.74 Å². The highest BCUT2D eigenvalue weighted by molar-refractivity contribution is 6.13. The van der Waals surface area contributed by atoms with E-state index in [-0.39, 0.29) is 0 Å². The van der Waals surface area contributed by atoms with Crippen LogP contribution in [0.15, 0.2) is 30.3 Å². The van der Waals surface area contributed by atoms with Crippen molar-refractivity contribution in [3.05, 3.63) is 30.3 Å². The summed E-state index contributed by atoms with van der Waals surface area (Å²) in [6.45, 7) is 4.40. The molecule has 5 heteroatoms. The third kappa shape index (κ3) is 2.51. The van der Waals surface area contributed by atoms with E-state index in [1.807, 2.05) is 32.0 Å². The molecule has 0 saturated carbocycles. The lowest BCUT2D eigenvalue weighted by Gasteiger charge is -2.22. The number of nitrogens with zero attached hydrogens (tertiary/aromatic N) is 1. The van der Waals surface area contributed by atoms with Crippen molar-refractivity contribution in [2.24, 2.45) is 5.92 Å². The van der Waals surface area contributed by atoms with Crippen LogP contribution in [-0.4, -0.2) is 24.8 Å². The van der Waals surface area contributed by atoms with Gasteiger partial charge in [0.1, 0.15) is 0 Å². The molecule has 96 valence electrons. The number of amides is 3. The molecule has 0 radical (unpaired) electrons. The van der Waals surface area contributed by atoms with Crippen LogP contribution in [0.5, 0.6) is 0 Å². The molecule has 0 aliphatic carbocycles. The lowest BCUT2D eigenvalue weighted by molar-refractivity contribution is -0.129. The molecule has 1 aromatic carbocycles. The summed E-state index contributed by atoms with van der Waals surface area (Å²) in [5.41, 5.74) is 0.648. The predicted octanol–water partition coefficient (Wildman–Crippen LogP) is 1.74. The Morgan fingerprint density at radius 1 is 1.28 bits per heavy atom. The number of carbonyl (C=O) groups excluding carboxylic acids is 2. The Bertz CT molecular complexity index is 445. The Hall–Kier alpha value is -1.88. The van der Waals surface area contributed by atoms with Crippen molar-refractivity contribution in [3.63, 3.8) is 0 Å². The van der Waals surface area contributed by atoms with Gasteiger partial charge >= 0.3 is 6.03 Å². The standard InChI is InChI=1S/C13H16N2O3/c1-9(2)8-18-12-11(16)14-13(17)15(12)10-6-4-3-5-7-10/h3-7,9,12H,8H2,1-2H3,(H,14,16,17). The van der Waals surface area contributed by atoms with E-state index in [9.17, 15) is 9.59 Å². The van der Waals surface area contributed by atoms with Crippen LogP contribution in [0.3, 0.4) is 0 Å². The van der Waals surface area contributed by atoms with Crippen molar-refractivity contribution in [1.29, 1.82) is 0 Å². The minimum absolute atomic E-state index is 0.297. The number of imide groups is 1. The largest absolute Gasteiger partial charge is 0.349 e. The zero-order chi connectivity index (χ0) is 13.1. The van der Waals surface area contributed by atoms with Crippen molar-refractivity contribution in [2.45, 2.75) is 20.1 Å². The molecule has 0 bridgehead atoms. The zero-order valence-corrected chi connectivity index (χ0v) is 10.4. The van der Waals surface area contributed by atoms with Gasteiger partial charge in [0.05, 0.1) is 6.61 Å². The second kappa shape index (κ2) is 5.18. The van der Waals surface area contributed by atoms with Crippen molar-refractivity contribution >= 4 is 17.6 Å². The number of ether oxygens (including phenoxy) is 1. The second-order valence-corrected chi connectivity index (χ2v) is 4.58. The topological polar surface area (TPSA) is 58.6 Å². The van der Waals surface area contributed by atoms with Crippen LogP contribution >= 0.6 is 0 Å². The molecule has 1 atom stereocenters. The van der Waals surface area contributed by atoms with Crippen LogP contribution < -0.4 is 10.2 Å². The first kappa shape index (κ1) is 12.6. The Labute approximate surface area is 106 Å². The van der Waals surface area contributed by atoms with Crippen LogP contribution in [0, 0.1) is 5.92 Å². The summed E-state index contributed by atoms with van der Waals surface area (Å²) in [7, 11) is 0. The van der Waals surface area contributed by atoms with Crippen molar-refractivity contribution in [1.82, 2.24) is 5.32 Å². The van der Waals surface area contributed by atoms with E-state index in [2.05, 4.69) is 5.32 Å². The number of para-hydroxylation sites is 1. The molecule has 2 rings (SSSR count).